The number of carbonyl (C=O) groups is 1. The van der Waals surface area contributed by atoms with Crippen molar-refractivity contribution in [2.24, 2.45) is 0 Å². The number of carbonyl (C=O) groups excluding carboxylic acids is 1. The molecule has 38 heavy (non-hydrogen) atoms. The van der Waals surface area contributed by atoms with Gasteiger partial charge in [0.2, 0.25) is 5.88 Å². The van der Waals surface area contributed by atoms with E-state index in [1.807, 2.05) is 37.3 Å². The van der Waals surface area contributed by atoms with Crippen molar-refractivity contribution < 1.29 is 23.0 Å². The minimum Gasteiger partial charge on any atom is -0.439 e. The second kappa shape index (κ2) is 11.6. The van der Waals surface area contributed by atoms with Crippen LogP contribution in [0, 0.1) is 11.6 Å². The van der Waals surface area contributed by atoms with Crippen molar-refractivity contribution in [3.63, 3.8) is 0 Å². The quantitative estimate of drug-likeness (QED) is 0.261. The second-order valence-electron chi connectivity index (χ2n) is 9.22. The highest BCUT2D eigenvalue weighted by Gasteiger charge is 2.28. The number of ether oxygens (including phenoxy) is 2. The van der Waals surface area contributed by atoms with E-state index in [-0.39, 0.29) is 29.9 Å². The van der Waals surface area contributed by atoms with Gasteiger partial charge in [-0.05, 0) is 73.9 Å². The van der Waals surface area contributed by atoms with Gasteiger partial charge in [0, 0.05) is 18.7 Å². The molecule has 1 atom stereocenters. The number of amides is 1. The molecule has 1 aliphatic rings. The molecule has 1 aliphatic heterocycles. The summed E-state index contributed by atoms with van der Waals surface area (Å²) in [5, 5.41) is 4.83. The third-order valence-corrected chi connectivity index (χ3v) is 6.54. The Labute approximate surface area is 220 Å². The fraction of sp³-hybridized carbons (Fsp3) is 0.267. The lowest BCUT2D eigenvalue weighted by atomic mass is 10.1. The summed E-state index contributed by atoms with van der Waals surface area (Å²) in [6.07, 6.45) is 2.26. The molecule has 0 bridgehead atoms. The number of para-hydroxylation sites is 1. The molecule has 8 heteroatoms. The molecule has 3 aromatic carbocycles. The van der Waals surface area contributed by atoms with Crippen LogP contribution in [0.25, 0.3) is 5.69 Å². The van der Waals surface area contributed by atoms with E-state index in [0.29, 0.717) is 31.2 Å². The summed E-state index contributed by atoms with van der Waals surface area (Å²) in [6, 6.07) is 21.0. The SMILES string of the molecule is CCc1nn(-c2ccccc2)c(Oc2ccc(F)cc2)c1CN(C[C@H]1CCCO1)C(=O)c1cccc(F)c1. The van der Waals surface area contributed by atoms with E-state index in [0.717, 1.165) is 29.8 Å². The zero-order chi connectivity index (χ0) is 26.5. The number of aromatic nitrogens is 2. The summed E-state index contributed by atoms with van der Waals surface area (Å²) >= 11 is 0. The van der Waals surface area contributed by atoms with Gasteiger partial charge in [0.25, 0.3) is 5.91 Å². The number of nitrogens with zero attached hydrogens (tertiary/aromatic N) is 3. The Morgan fingerprint density at radius 1 is 1.05 bits per heavy atom. The van der Waals surface area contributed by atoms with Crippen molar-refractivity contribution in [1.29, 1.82) is 0 Å². The van der Waals surface area contributed by atoms with Gasteiger partial charge in [0.1, 0.15) is 17.4 Å². The molecule has 1 amide bonds. The van der Waals surface area contributed by atoms with Crippen molar-refractivity contribution in [2.45, 2.75) is 38.8 Å². The number of hydrogen-bond acceptors (Lipinski definition) is 4. The Bertz CT molecular complexity index is 1380. The van der Waals surface area contributed by atoms with Gasteiger partial charge in [0.05, 0.1) is 29.6 Å². The van der Waals surface area contributed by atoms with Crippen molar-refractivity contribution in [1.82, 2.24) is 14.7 Å². The molecule has 0 N–H and O–H groups in total. The number of benzene rings is 3. The maximum Gasteiger partial charge on any atom is 0.254 e. The van der Waals surface area contributed by atoms with Gasteiger partial charge in [-0.2, -0.15) is 5.10 Å². The Kier molecular flexibility index (Phi) is 7.79. The smallest absolute Gasteiger partial charge is 0.254 e. The van der Waals surface area contributed by atoms with Crippen LogP contribution >= 0.6 is 0 Å². The van der Waals surface area contributed by atoms with Crippen molar-refractivity contribution in [3.8, 4) is 17.3 Å². The molecule has 0 aliphatic carbocycles. The predicted octanol–water partition coefficient (Wildman–Crippen LogP) is 6.33. The fourth-order valence-corrected chi connectivity index (χ4v) is 4.63. The van der Waals surface area contributed by atoms with Gasteiger partial charge >= 0.3 is 0 Å². The van der Waals surface area contributed by atoms with Gasteiger partial charge < -0.3 is 14.4 Å². The lowest BCUT2D eigenvalue weighted by Gasteiger charge is -2.26. The van der Waals surface area contributed by atoms with E-state index in [2.05, 4.69) is 0 Å². The van der Waals surface area contributed by atoms with E-state index in [9.17, 15) is 13.6 Å². The largest absolute Gasteiger partial charge is 0.439 e. The molecule has 2 heterocycles. The Hall–Kier alpha value is -4.04. The zero-order valence-corrected chi connectivity index (χ0v) is 21.1. The highest BCUT2D eigenvalue weighted by molar-refractivity contribution is 5.94. The van der Waals surface area contributed by atoms with Gasteiger partial charge in [-0.25, -0.2) is 13.5 Å². The minimum atomic E-state index is -0.473. The molecular weight excluding hydrogens is 488 g/mol. The summed E-state index contributed by atoms with van der Waals surface area (Å²) in [5.74, 6) is -0.271. The van der Waals surface area contributed by atoms with Crippen molar-refractivity contribution >= 4 is 5.91 Å². The van der Waals surface area contributed by atoms with Crippen molar-refractivity contribution in [2.75, 3.05) is 13.2 Å². The number of aryl methyl sites for hydroxylation is 1. The van der Waals surface area contributed by atoms with E-state index < -0.39 is 5.82 Å². The van der Waals surface area contributed by atoms with E-state index in [1.54, 1.807) is 27.8 Å². The molecule has 4 aromatic rings. The molecule has 196 valence electrons. The number of halogens is 2. The van der Waals surface area contributed by atoms with E-state index in [1.165, 1.54) is 30.3 Å². The van der Waals surface area contributed by atoms with Gasteiger partial charge in [-0.15, -0.1) is 0 Å². The lowest BCUT2D eigenvalue weighted by Crippen LogP contribution is -2.37. The van der Waals surface area contributed by atoms with Crippen LogP contribution in [-0.4, -0.2) is 39.8 Å². The predicted molar refractivity (Wildman–Crippen MR) is 140 cm³/mol. The van der Waals surface area contributed by atoms with E-state index >= 15 is 0 Å². The highest BCUT2D eigenvalue weighted by Crippen LogP contribution is 2.33. The van der Waals surface area contributed by atoms with Gasteiger partial charge in [-0.3, -0.25) is 4.79 Å². The molecule has 6 nitrogen and oxygen atoms in total. The average molecular weight is 518 g/mol. The first-order valence-electron chi connectivity index (χ1n) is 12.8. The summed E-state index contributed by atoms with van der Waals surface area (Å²) in [7, 11) is 0. The summed E-state index contributed by atoms with van der Waals surface area (Å²) in [4.78, 5) is 15.3. The van der Waals surface area contributed by atoms with Crippen LogP contribution in [0.1, 0.15) is 41.4 Å². The second-order valence-corrected chi connectivity index (χ2v) is 9.22. The molecule has 5 rings (SSSR count). The molecule has 0 spiro atoms. The maximum atomic E-state index is 14.0. The van der Waals surface area contributed by atoms with Crippen molar-refractivity contribution in [3.05, 3.63) is 107 Å². The molecule has 1 fully saturated rings. The molecule has 0 saturated carbocycles. The van der Waals surface area contributed by atoms with Crippen LogP contribution in [0.5, 0.6) is 11.6 Å². The summed E-state index contributed by atoms with van der Waals surface area (Å²) in [6.45, 7) is 3.17. The van der Waals surface area contributed by atoms with Crippen LogP contribution in [0.15, 0.2) is 78.9 Å². The highest BCUT2D eigenvalue weighted by atomic mass is 19.1. The maximum absolute atomic E-state index is 14.0. The molecule has 0 unspecified atom stereocenters. The fourth-order valence-electron chi connectivity index (χ4n) is 4.63. The summed E-state index contributed by atoms with van der Waals surface area (Å²) < 4.78 is 41.5. The zero-order valence-electron chi connectivity index (χ0n) is 21.1. The molecule has 0 radical (unpaired) electrons. The number of hydrogen-bond donors (Lipinski definition) is 0. The summed E-state index contributed by atoms with van der Waals surface area (Å²) in [5.41, 5.74) is 2.53. The van der Waals surface area contributed by atoms with Crippen LogP contribution in [0.3, 0.4) is 0 Å². The van der Waals surface area contributed by atoms with Crippen LogP contribution in [-0.2, 0) is 17.7 Å². The first kappa shape index (κ1) is 25.6. The average Bonchev–Trinajstić information content (AvgIpc) is 3.57. The minimum absolute atomic E-state index is 0.108. The Morgan fingerprint density at radius 3 is 2.53 bits per heavy atom. The lowest BCUT2D eigenvalue weighted by molar-refractivity contribution is 0.0505. The van der Waals surface area contributed by atoms with Crippen LogP contribution in [0.4, 0.5) is 8.78 Å². The first-order chi connectivity index (χ1) is 18.5. The van der Waals surface area contributed by atoms with Gasteiger partial charge in [-0.1, -0.05) is 31.2 Å². The standard InChI is InChI=1S/C30H29F2N3O3/c1-2-28-27(20-34(19-26-12-7-17-37-26)29(36)21-8-6-9-23(32)18-21)30(38-25-15-13-22(31)14-16-25)35(33-28)24-10-4-3-5-11-24/h3-6,8-11,13-16,18,26H,2,7,12,17,19-20H2,1H3/t26-/m1/s1. The number of rotatable bonds is 9. The normalized spacial score (nSPS) is 15.0. The first-order valence-corrected chi connectivity index (χ1v) is 12.8. The monoisotopic (exact) mass is 517 g/mol. The molecule has 1 saturated heterocycles. The van der Waals surface area contributed by atoms with Crippen LogP contribution < -0.4 is 4.74 Å². The Balaban J connectivity index is 1.57. The topological polar surface area (TPSA) is 56.6 Å². The van der Waals surface area contributed by atoms with E-state index in [4.69, 9.17) is 14.6 Å². The third-order valence-electron chi connectivity index (χ3n) is 6.54. The Morgan fingerprint density at radius 2 is 1.84 bits per heavy atom. The third kappa shape index (κ3) is 5.75. The molecule has 1 aromatic heterocycles. The van der Waals surface area contributed by atoms with Crippen LogP contribution in [0.2, 0.25) is 0 Å². The van der Waals surface area contributed by atoms with Gasteiger partial charge in [0.15, 0.2) is 0 Å². The molecular formula is C30H29F2N3O3.